The van der Waals surface area contributed by atoms with Gasteiger partial charge in [0.2, 0.25) is 0 Å². The number of hydrogen-bond acceptors (Lipinski definition) is 0. The van der Waals surface area contributed by atoms with Crippen LogP contribution in [0.4, 0.5) is 0 Å². The lowest BCUT2D eigenvalue weighted by Gasteiger charge is -2.10. The van der Waals surface area contributed by atoms with E-state index >= 15 is 0 Å². The molecule has 1 aromatic carbocycles. The predicted molar refractivity (Wildman–Crippen MR) is 94.8 cm³/mol. The largest absolute Gasteiger partial charge is 0.361 e. The van der Waals surface area contributed by atoms with Gasteiger partial charge in [-0.3, -0.25) is 0 Å². The summed E-state index contributed by atoms with van der Waals surface area (Å²) in [4.78, 5) is 3.26. The minimum absolute atomic E-state index is 0.744. The molecule has 0 atom stereocenters. The third-order valence-corrected chi connectivity index (χ3v) is 4.14. The Morgan fingerprint density at radius 2 is 2.00 bits per heavy atom. The zero-order chi connectivity index (χ0) is 15.4. The van der Waals surface area contributed by atoms with Crippen molar-refractivity contribution in [3.05, 3.63) is 53.7 Å². The van der Waals surface area contributed by atoms with Crippen LogP contribution in [0.25, 0.3) is 16.5 Å². The maximum Gasteiger partial charge on any atom is 0.0475 e. The van der Waals surface area contributed by atoms with E-state index < -0.39 is 0 Å². The summed E-state index contributed by atoms with van der Waals surface area (Å²) >= 11 is 6.02. The molecule has 1 N–H and O–H groups in total. The van der Waals surface area contributed by atoms with E-state index in [0.717, 1.165) is 45.0 Å². The molecule has 0 aliphatic rings. The molecule has 0 fully saturated rings. The third kappa shape index (κ3) is 4.01. The maximum absolute atomic E-state index is 6.02. The topological polar surface area (TPSA) is 15.8 Å². The lowest BCUT2D eigenvalue weighted by Crippen LogP contribution is -1.90. The van der Waals surface area contributed by atoms with Gasteiger partial charge in [-0.2, -0.15) is 0 Å². The number of aromatic amines is 1. The van der Waals surface area contributed by atoms with Crippen molar-refractivity contribution in [2.75, 3.05) is 0 Å². The summed E-state index contributed by atoms with van der Waals surface area (Å²) in [5.41, 5.74) is 4.35. The fraction of sp³-hybridized carbons (Fsp3) is 0.368. The quantitative estimate of drug-likeness (QED) is 0.437. The lowest BCUT2D eigenvalue weighted by atomic mass is 9.95. The van der Waals surface area contributed by atoms with Crippen LogP contribution in [0, 0.1) is 5.92 Å². The number of nitrogens with one attached hydrogen (secondary N) is 1. The Bertz CT molecular complexity index is 649. The van der Waals surface area contributed by atoms with Crippen molar-refractivity contribution in [1.29, 1.82) is 0 Å². The Hall–Kier alpha value is -1.47. The highest BCUT2D eigenvalue weighted by atomic mass is 35.5. The molecule has 0 bridgehead atoms. The normalized spacial score (nSPS) is 11.2. The zero-order valence-corrected chi connectivity index (χ0v) is 13.8. The first kappa shape index (κ1) is 15.9. The molecule has 0 spiro atoms. The summed E-state index contributed by atoms with van der Waals surface area (Å²) in [6.07, 6.45) is 6.75. The number of halogens is 1. The second-order valence-corrected chi connectivity index (χ2v) is 6.55. The summed E-state index contributed by atoms with van der Waals surface area (Å²) < 4.78 is 0. The number of fused-ring (bicyclic) bond motifs is 1. The zero-order valence-electron chi connectivity index (χ0n) is 13.0. The van der Waals surface area contributed by atoms with Crippen LogP contribution in [0.3, 0.4) is 0 Å². The summed E-state index contributed by atoms with van der Waals surface area (Å²) in [6, 6.07) is 5.90. The van der Waals surface area contributed by atoms with Crippen molar-refractivity contribution in [2.24, 2.45) is 5.92 Å². The molecule has 0 aliphatic heterocycles. The highest BCUT2D eigenvalue weighted by Crippen LogP contribution is 2.31. The fourth-order valence-corrected chi connectivity index (χ4v) is 2.75. The van der Waals surface area contributed by atoms with Crippen LogP contribution < -0.4 is 0 Å². The van der Waals surface area contributed by atoms with Crippen molar-refractivity contribution in [3.63, 3.8) is 0 Å². The van der Waals surface area contributed by atoms with Gasteiger partial charge < -0.3 is 4.98 Å². The summed E-state index contributed by atoms with van der Waals surface area (Å²) in [6.45, 7) is 13.0. The first-order valence-electron chi connectivity index (χ1n) is 7.63. The Morgan fingerprint density at radius 3 is 2.71 bits per heavy atom. The average Bonchev–Trinajstić information content (AvgIpc) is 2.85. The number of unbranched alkanes of at least 4 members (excludes halogenated alkanes) is 1. The van der Waals surface area contributed by atoms with Crippen LogP contribution in [-0.2, 0) is 0 Å². The minimum Gasteiger partial charge on any atom is -0.361 e. The van der Waals surface area contributed by atoms with E-state index in [2.05, 4.69) is 32.0 Å². The second kappa shape index (κ2) is 7.00. The molecule has 0 radical (unpaired) electrons. The predicted octanol–water partition coefficient (Wildman–Crippen LogP) is 6.61. The molecule has 0 saturated heterocycles. The molecule has 1 nitrogen and oxygen atoms in total. The Kier molecular flexibility index (Phi) is 5.30. The number of rotatable bonds is 7. The van der Waals surface area contributed by atoms with E-state index in [9.17, 15) is 0 Å². The van der Waals surface area contributed by atoms with Gasteiger partial charge in [-0.15, -0.1) is 0 Å². The van der Waals surface area contributed by atoms with Crippen molar-refractivity contribution in [1.82, 2.24) is 4.98 Å². The minimum atomic E-state index is 0.744. The van der Waals surface area contributed by atoms with Crippen molar-refractivity contribution in [2.45, 2.75) is 39.5 Å². The van der Waals surface area contributed by atoms with Crippen LogP contribution in [0.15, 0.2) is 43.1 Å². The van der Waals surface area contributed by atoms with E-state index in [1.165, 1.54) is 19.3 Å². The molecule has 0 amide bonds. The van der Waals surface area contributed by atoms with E-state index in [-0.39, 0.29) is 0 Å². The number of aromatic nitrogens is 1. The van der Waals surface area contributed by atoms with Gasteiger partial charge in [-0.25, -0.2) is 0 Å². The first-order chi connectivity index (χ1) is 9.99. The number of allylic oxidation sites excluding steroid dienone is 2. The van der Waals surface area contributed by atoms with Gasteiger partial charge in [0.15, 0.2) is 0 Å². The van der Waals surface area contributed by atoms with Crippen LogP contribution in [0.1, 0.15) is 45.1 Å². The van der Waals surface area contributed by atoms with Crippen LogP contribution in [0.5, 0.6) is 0 Å². The van der Waals surface area contributed by atoms with Crippen molar-refractivity contribution in [3.8, 4) is 0 Å². The van der Waals surface area contributed by atoms with E-state index in [1.54, 1.807) is 0 Å². The Morgan fingerprint density at radius 1 is 1.24 bits per heavy atom. The van der Waals surface area contributed by atoms with E-state index in [0.29, 0.717) is 0 Å². The molecule has 2 rings (SSSR count). The van der Waals surface area contributed by atoms with Gasteiger partial charge in [0.05, 0.1) is 0 Å². The third-order valence-electron chi connectivity index (χ3n) is 3.91. The van der Waals surface area contributed by atoms with Crippen molar-refractivity contribution < 1.29 is 0 Å². The standard InChI is InChI=1S/C19H24ClN/c1-13(2)7-5-6-8-14(3)15(4)18-12-21-19-11-16(20)9-10-17(18)19/h9-13,21H,3-8H2,1-2H3. The Labute approximate surface area is 132 Å². The molecule has 112 valence electrons. The molecule has 0 unspecified atom stereocenters. The smallest absolute Gasteiger partial charge is 0.0475 e. The molecule has 1 aromatic heterocycles. The number of hydrogen-bond donors (Lipinski definition) is 1. The molecule has 1 heterocycles. The van der Waals surface area contributed by atoms with Crippen LogP contribution in [-0.4, -0.2) is 4.98 Å². The molecule has 2 heteroatoms. The highest BCUT2D eigenvalue weighted by molar-refractivity contribution is 6.31. The van der Waals surface area contributed by atoms with Gasteiger partial charge in [0.25, 0.3) is 0 Å². The van der Waals surface area contributed by atoms with Gasteiger partial charge in [0, 0.05) is 27.7 Å². The summed E-state index contributed by atoms with van der Waals surface area (Å²) in [5.74, 6) is 0.778. The van der Waals surface area contributed by atoms with Gasteiger partial charge in [-0.05, 0) is 42.0 Å². The highest BCUT2D eigenvalue weighted by Gasteiger charge is 2.10. The molecular formula is C19H24ClN. The SMILES string of the molecule is C=C(CCCCC(C)C)C(=C)c1c[nH]c2cc(Cl)ccc12. The monoisotopic (exact) mass is 301 g/mol. The van der Waals surface area contributed by atoms with Crippen LogP contribution >= 0.6 is 11.6 Å². The van der Waals surface area contributed by atoms with Gasteiger partial charge >= 0.3 is 0 Å². The van der Waals surface area contributed by atoms with Gasteiger partial charge in [0.1, 0.15) is 0 Å². The number of H-pyrrole nitrogens is 1. The number of benzene rings is 1. The van der Waals surface area contributed by atoms with Crippen molar-refractivity contribution >= 4 is 28.1 Å². The second-order valence-electron chi connectivity index (χ2n) is 6.11. The maximum atomic E-state index is 6.02. The van der Waals surface area contributed by atoms with E-state index in [1.807, 2.05) is 24.4 Å². The lowest BCUT2D eigenvalue weighted by molar-refractivity contribution is 0.539. The molecule has 2 aromatic rings. The molecular weight excluding hydrogens is 278 g/mol. The van der Waals surface area contributed by atoms with Crippen LogP contribution in [0.2, 0.25) is 5.02 Å². The molecule has 0 aliphatic carbocycles. The van der Waals surface area contributed by atoms with E-state index in [4.69, 9.17) is 11.6 Å². The molecule has 0 saturated carbocycles. The average molecular weight is 302 g/mol. The summed E-state index contributed by atoms with van der Waals surface area (Å²) in [7, 11) is 0. The van der Waals surface area contributed by atoms with Gasteiger partial charge in [-0.1, -0.05) is 57.5 Å². The molecule has 21 heavy (non-hydrogen) atoms. The Balaban J connectivity index is 2.03. The first-order valence-corrected chi connectivity index (χ1v) is 8.01. The summed E-state index contributed by atoms with van der Waals surface area (Å²) in [5, 5.41) is 1.90. The fourth-order valence-electron chi connectivity index (χ4n) is 2.58.